The van der Waals surface area contributed by atoms with Gasteiger partial charge < -0.3 is 10.6 Å². The number of halogens is 3. The Morgan fingerprint density at radius 3 is 2.32 bits per heavy atom. The first-order valence-corrected chi connectivity index (χ1v) is 6.56. The lowest BCUT2D eigenvalue weighted by molar-refractivity contribution is -0.137. The summed E-state index contributed by atoms with van der Waals surface area (Å²) in [5.74, 6) is 0. The Hall–Kier alpha value is -1.30. The molecule has 0 heterocycles. The SMILES string of the molecule is CCCCCNC(=S)Nc1ccc(C(F)(F)F)cc1. The lowest BCUT2D eigenvalue weighted by Crippen LogP contribution is -2.29. The van der Waals surface area contributed by atoms with Gasteiger partial charge in [-0.1, -0.05) is 19.8 Å². The second-order valence-electron chi connectivity index (χ2n) is 4.16. The maximum atomic E-state index is 12.4. The highest BCUT2D eigenvalue weighted by Gasteiger charge is 2.29. The van der Waals surface area contributed by atoms with Crippen LogP contribution in [0.15, 0.2) is 24.3 Å². The van der Waals surface area contributed by atoms with Crippen LogP contribution in [0.2, 0.25) is 0 Å². The van der Waals surface area contributed by atoms with Crippen LogP contribution in [0, 0.1) is 0 Å². The van der Waals surface area contributed by atoms with Crippen LogP contribution in [0.25, 0.3) is 0 Å². The molecule has 0 fully saturated rings. The summed E-state index contributed by atoms with van der Waals surface area (Å²) in [6.07, 6.45) is -1.04. The molecule has 0 saturated heterocycles. The van der Waals surface area contributed by atoms with Crippen LogP contribution < -0.4 is 10.6 Å². The van der Waals surface area contributed by atoms with Crippen molar-refractivity contribution in [1.29, 1.82) is 0 Å². The number of nitrogens with one attached hydrogen (secondary N) is 2. The molecule has 6 heteroatoms. The van der Waals surface area contributed by atoms with E-state index in [1.54, 1.807) is 0 Å². The quantitative estimate of drug-likeness (QED) is 0.628. The van der Waals surface area contributed by atoms with E-state index in [9.17, 15) is 13.2 Å². The molecule has 1 aromatic rings. The minimum atomic E-state index is -4.31. The predicted octanol–water partition coefficient (Wildman–Crippen LogP) is 4.18. The Morgan fingerprint density at radius 2 is 1.79 bits per heavy atom. The molecular weight excluding hydrogens is 273 g/mol. The summed E-state index contributed by atoms with van der Waals surface area (Å²) < 4.78 is 37.1. The molecular formula is C13H17F3N2S. The molecule has 0 aliphatic carbocycles. The van der Waals surface area contributed by atoms with E-state index in [1.165, 1.54) is 12.1 Å². The zero-order valence-corrected chi connectivity index (χ0v) is 11.5. The third kappa shape index (κ3) is 5.92. The normalized spacial score (nSPS) is 11.2. The summed E-state index contributed by atoms with van der Waals surface area (Å²) >= 11 is 5.05. The van der Waals surface area contributed by atoms with Crippen molar-refractivity contribution in [1.82, 2.24) is 5.32 Å². The summed E-state index contributed by atoms with van der Waals surface area (Å²) in [4.78, 5) is 0. The van der Waals surface area contributed by atoms with Gasteiger partial charge in [0, 0.05) is 12.2 Å². The van der Waals surface area contributed by atoms with E-state index in [0.29, 0.717) is 10.8 Å². The van der Waals surface area contributed by atoms with Crippen LogP contribution >= 0.6 is 12.2 Å². The van der Waals surface area contributed by atoms with Crippen molar-refractivity contribution >= 4 is 23.0 Å². The predicted molar refractivity (Wildman–Crippen MR) is 75.2 cm³/mol. The molecule has 0 amide bonds. The number of anilines is 1. The minimum absolute atomic E-state index is 0.427. The average Bonchev–Trinajstić information content (AvgIpc) is 2.34. The fraction of sp³-hybridized carbons (Fsp3) is 0.462. The Kier molecular flexibility index (Phi) is 6.08. The van der Waals surface area contributed by atoms with E-state index in [4.69, 9.17) is 12.2 Å². The van der Waals surface area contributed by atoms with Crippen LogP contribution in [0.1, 0.15) is 31.7 Å². The maximum absolute atomic E-state index is 12.4. The molecule has 19 heavy (non-hydrogen) atoms. The second-order valence-corrected chi connectivity index (χ2v) is 4.57. The summed E-state index contributed by atoms with van der Waals surface area (Å²) in [5, 5.41) is 6.29. The smallest absolute Gasteiger partial charge is 0.362 e. The van der Waals surface area contributed by atoms with Gasteiger partial charge in [0.2, 0.25) is 0 Å². The first kappa shape index (κ1) is 15.8. The van der Waals surface area contributed by atoms with E-state index in [0.717, 1.165) is 37.9 Å². The van der Waals surface area contributed by atoms with Gasteiger partial charge in [-0.3, -0.25) is 0 Å². The number of hydrogen-bond acceptors (Lipinski definition) is 1. The number of alkyl halides is 3. The van der Waals surface area contributed by atoms with Crippen LogP contribution in [0.4, 0.5) is 18.9 Å². The Bertz CT molecular complexity index is 401. The average molecular weight is 290 g/mol. The van der Waals surface area contributed by atoms with Gasteiger partial charge >= 0.3 is 6.18 Å². The fourth-order valence-corrected chi connectivity index (χ4v) is 1.71. The van der Waals surface area contributed by atoms with E-state index >= 15 is 0 Å². The fourth-order valence-electron chi connectivity index (χ4n) is 1.49. The highest BCUT2D eigenvalue weighted by atomic mass is 32.1. The first-order valence-electron chi connectivity index (χ1n) is 6.15. The molecule has 0 spiro atoms. The summed E-state index contributed by atoms with van der Waals surface area (Å²) in [7, 11) is 0. The van der Waals surface area contributed by atoms with Crippen molar-refractivity contribution in [2.24, 2.45) is 0 Å². The molecule has 0 aromatic heterocycles. The summed E-state index contributed by atoms with van der Waals surface area (Å²) in [6.45, 7) is 2.87. The third-order valence-corrected chi connectivity index (χ3v) is 2.78. The van der Waals surface area contributed by atoms with Gasteiger partial charge in [0.1, 0.15) is 0 Å². The number of benzene rings is 1. The summed E-state index contributed by atoms with van der Waals surface area (Å²) in [6, 6.07) is 4.79. The molecule has 0 unspecified atom stereocenters. The van der Waals surface area contributed by atoms with E-state index in [1.807, 2.05) is 0 Å². The van der Waals surface area contributed by atoms with Crippen molar-refractivity contribution in [3.8, 4) is 0 Å². The molecule has 1 aromatic carbocycles. The van der Waals surface area contributed by atoms with Gasteiger partial charge in [-0.2, -0.15) is 13.2 Å². The lowest BCUT2D eigenvalue weighted by atomic mass is 10.2. The van der Waals surface area contributed by atoms with Gasteiger partial charge in [-0.15, -0.1) is 0 Å². The van der Waals surface area contributed by atoms with Crippen LogP contribution in [0.5, 0.6) is 0 Å². The van der Waals surface area contributed by atoms with Crippen LogP contribution in [0.3, 0.4) is 0 Å². The Labute approximate surface area is 116 Å². The maximum Gasteiger partial charge on any atom is 0.416 e. The molecule has 0 atom stereocenters. The number of rotatable bonds is 5. The molecule has 0 radical (unpaired) electrons. The number of thiocarbonyl (C=S) groups is 1. The highest BCUT2D eigenvalue weighted by Crippen LogP contribution is 2.29. The second kappa shape index (κ2) is 7.33. The third-order valence-electron chi connectivity index (χ3n) is 2.54. The highest BCUT2D eigenvalue weighted by molar-refractivity contribution is 7.80. The molecule has 0 aliphatic rings. The standard InChI is InChI=1S/C13H17F3N2S/c1-2-3-4-9-17-12(19)18-11-7-5-10(6-8-11)13(14,15)16/h5-8H,2-4,9H2,1H3,(H2,17,18,19). The zero-order valence-electron chi connectivity index (χ0n) is 10.7. The zero-order chi connectivity index (χ0) is 14.3. The van der Waals surface area contributed by atoms with Crippen molar-refractivity contribution < 1.29 is 13.2 Å². The Balaban J connectivity index is 2.43. The topological polar surface area (TPSA) is 24.1 Å². The molecule has 0 aliphatic heterocycles. The van der Waals surface area contributed by atoms with Crippen molar-refractivity contribution in [3.63, 3.8) is 0 Å². The molecule has 0 bridgehead atoms. The largest absolute Gasteiger partial charge is 0.416 e. The number of unbranched alkanes of at least 4 members (excludes halogenated alkanes) is 2. The van der Waals surface area contributed by atoms with Crippen molar-refractivity contribution in [2.75, 3.05) is 11.9 Å². The minimum Gasteiger partial charge on any atom is -0.362 e. The van der Waals surface area contributed by atoms with E-state index < -0.39 is 11.7 Å². The molecule has 0 saturated carbocycles. The molecule has 2 N–H and O–H groups in total. The Morgan fingerprint density at radius 1 is 1.16 bits per heavy atom. The van der Waals surface area contributed by atoms with Crippen molar-refractivity contribution in [3.05, 3.63) is 29.8 Å². The lowest BCUT2D eigenvalue weighted by Gasteiger charge is -2.11. The van der Waals surface area contributed by atoms with Gasteiger partial charge in [-0.25, -0.2) is 0 Å². The van der Waals surface area contributed by atoms with Gasteiger partial charge in [0.25, 0.3) is 0 Å². The monoisotopic (exact) mass is 290 g/mol. The van der Waals surface area contributed by atoms with Gasteiger partial charge in [0.05, 0.1) is 5.56 Å². The van der Waals surface area contributed by atoms with Crippen molar-refractivity contribution in [2.45, 2.75) is 32.4 Å². The summed E-state index contributed by atoms with van der Waals surface area (Å²) in [5.41, 5.74) is -0.124. The number of hydrogen-bond donors (Lipinski definition) is 2. The van der Waals surface area contributed by atoms with Gasteiger partial charge in [0.15, 0.2) is 5.11 Å². The molecule has 106 valence electrons. The molecule has 1 rings (SSSR count). The first-order chi connectivity index (χ1) is 8.93. The van der Waals surface area contributed by atoms with E-state index in [-0.39, 0.29) is 0 Å². The van der Waals surface area contributed by atoms with E-state index in [2.05, 4.69) is 17.6 Å². The van der Waals surface area contributed by atoms with Crippen LogP contribution in [-0.4, -0.2) is 11.7 Å². The van der Waals surface area contributed by atoms with Crippen LogP contribution in [-0.2, 0) is 6.18 Å². The molecule has 2 nitrogen and oxygen atoms in total. The van der Waals surface area contributed by atoms with Gasteiger partial charge in [-0.05, 0) is 42.9 Å².